The van der Waals surface area contributed by atoms with E-state index in [0.29, 0.717) is 12.2 Å². The summed E-state index contributed by atoms with van der Waals surface area (Å²) in [6.07, 6.45) is 0.479. The first-order valence-corrected chi connectivity index (χ1v) is 11.5. The van der Waals surface area contributed by atoms with E-state index < -0.39 is 9.84 Å². The molecule has 0 saturated heterocycles. The number of thioether (sulfide) groups is 1. The molecule has 1 aromatic heterocycles. The number of para-hydroxylation sites is 1. The van der Waals surface area contributed by atoms with Crippen LogP contribution in [0.1, 0.15) is 18.4 Å². The van der Waals surface area contributed by atoms with Gasteiger partial charge in [-0.25, -0.2) is 13.4 Å². The van der Waals surface area contributed by atoms with E-state index in [9.17, 15) is 13.2 Å². The third kappa shape index (κ3) is 3.26. The predicted molar refractivity (Wildman–Crippen MR) is 103 cm³/mol. The number of carbonyl (C=O) groups is 1. The zero-order chi connectivity index (χ0) is 17.6. The van der Waals surface area contributed by atoms with Gasteiger partial charge in [0, 0.05) is 18.2 Å². The predicted octanol–water partition coefficient (Wildman–Crippen LogP) is 2.96. The topological polar surface area (TPSA) is 76.1 Å². The van der Waals surface area contributed by atoms with Crippen LogP contribution in [-0.2, 0) is 14.6 Å². The highest BCUT2D eigenvalue weighted by Gasteiger charge is 2.32. The average molecular weight is 393 g/mol. The maximum absolute atomic E-state index is 12.0. The Bertz CT molecular complexity index is 1020. The number of aromatic nitrogens is 1. The lowest BCUT2D eigenvalue weighted by Crippen LogP contribution is -2.27. The van der Waals surface area contributed by atoms with Crippen LogP contribution in [0.15, 0.2) is 40.4 Å². The molecule has 1 aromatic carbocycles. The number of benzene rings is 1. The molecular formula is C17H16N2O3S3. The largest absolute Gasteiger partial charge is 0.320 e. The van der Waals surface area contributed by atoms with Crippen molar-refractivity contribution in [1.29, 1.82) is 0 Å². The molecule has 3 heterocycles. The van der Waals surface area contributed by atoms with Gasteiger partial charge in [0.05, 0.1) is 26.8 Å². The first kappa shape index (κ1) is 16.8. The highest BCUT2D eigenvalue weighted by atomic mass is 32.2. The summed E-state index contributed by atoms with van der Waals surface area (Å²) >= 11 is 3.06. The Kier molecular flexibility index (Phi) is 4.21. The van der Waals surface area contributed by atoms with Gasteiger partial charge in [0.15, 0.2) is 9.84 Å². The van der Waals surface area contributed by atoms with Crippen molar-refractivity contribution >= 4 is 54.6 Å². The molecule has 0 aliphatic carbocycles. The highest BCUT2D eigenvalue weighted by molar-refractivity contribution is 8.03. The van der Waals surface area contributed by atoms with Crippen molar-refractivity contribution < 1.29 is 13.2 Å². The number of nitrogens with one attached hydrogen (secondary N) is 1. The van der Waals surface area contributed by atoms with Gasteiger partial charge in [0.2, 0.25) is 5.91 Å². The molecule has 2 aliphatic rings. The molecule has 2 aliphatic heterocycles. The Balaban J connectivity index is 1.89. The summed E-state index contributed by atoms with van der Waals surface area (Å²) < 4.78 is 25.1. The lowest BCUT2D eigenvalue weighted by molar-refractivity contribution is -0.118. The van der Waals surface area contributed by atoms with E-state index in [1.165, 1.54) is 18.7 Å². The van der Waals surface area contributed by atoms with E-state index >= 15 is 0 Å². The van der Waals surface area contributed by atoms with Gasteiger partial charge in [0.1, 0.15) is 5.01 Å². The smallest absolute Gasteiger partial charge is 0.221 e. The molecule has 8 heteroatoms. The summed E-state index contributed by atoms with van der Waals surface area (Å²) in [6, 6.07) is 7.90. The zero-order valence-corrected chi connectivity index (χ0v) is 16.0. The second-order valence-corrected chi connectivity index (χ2v) is 10.3. The summed E-state index contributed by atoms with van der Waals surface area (Å²) in [7, 11) is -3.02. The molecule has 2 aromatic rings. The van der Waals surface area contributed by atoms with Gasteiger partial charge >= 0.3 is 0 Å². The Labute approximate surface area is 154 Å². The van der Waals surface area contributed by atoms with Gasteiger partial charge in [-0.15, -0.1) is 23.1 Å². The molecule has 5 nitrogen and oxygen atoms in total. The first-order chi connectivity index (χ1) is 11.9. The van der Waals surface area contributed by atoms with Gasteiger partial charge in [-0.3, -0.25) is 4.79 Å². The number of thiazole rings is 1. The summed E-state index contributed by atoms with van der Waals surface area (Å²) in [4.78, 5) is 16.4. The molecule has 0 fully saturated rings. The Morgan fingerprint density at radius 2 is 2.08 bits per heavy atom. The average Bonchev–Trinajstić information content (AvgIpc) is 2.97. The van der Waals surface area contributed by atoms with Crippen LogP contribution < -0.4 is 5.32 Å². The molecular weight excluding hydrogens is 376 g/mol. The summed E-state index contributed by atoms with van der Waals surface area (Å²) in [5.74, 6) is 0.724. The van der Waals surface area contributed by atoms with E-state index in [2.05, 4.69) is 5.32 Å². The second kappa shape index (κ2) is 6.26. The van der Waals surface area contributed by atoms with Crippen molar-refractivity contribution in [2.45, 2.75) is 13.3 Å². The quantitative estimate of drug-likeness (QED) is 0.850. The summed E-state index contributed by atoms with van der Waals surface area (Å²) in [5.41, 5.74) is 3.80. The molecule has 4 rings (SSSR count). The van der Waals surface area contributed by atoms with E-state index in [0.717, 1.165) is 37.0 Å². The molecule has 130 valence electrons. The fourth-order valence-corrected chi connectivity index (χ4v) is 7.00. The SMILES string of the molecule is CC(=O)NC1=C(c2nc3ccccc3s2)C2=C(CS1)CS(=O)(=O)CC2. The number of fused-ring (bicyclic) bond motifs is 1. The van der Waals surface area contributed by atoms with Crippen molar-refractivity contribution in [3.63, 3.8) is 0 Å². The van der Waals surface area contributed by atoms with Crippen LogP contribution in [0.3, 0.4) is 0 Å². The van der Waals surface area contributed by atoms with Crippen LogP contribution in [0.5, 0.6) is 0 Å². The maximum atomic E-state index is 12.0. The maximum Gasteiger partial charge on any atom is 0.221 e. The highest BCUT2D eigenvalue weighted by Crippen LogP contribution is 2.44. The van der Waals surface area contributed by atoms with Crippen LogP contribution in [0.2, 0.25) is 0 Å². The molecule has 0 atom stereocenters. The molecule has 0 spiro atoms. The van der Waals surface area contributed by atoms with Crippen LogP contribution >= 0.6 is 23.1 Å². The molecule has 1 amide bonds. The number of nitrogens with zero attached hydrogens (tertiary/aromatic N) is 1. The normalized spacial score (nSPS) is 19.9. The van der Waals surface area contributed by atoms with Gasteiger partial charge in [-0.2, -0.15) is 0 Å². The van der Waals surface area contributed by atoms with Crippen LogP contribution in [0, 0.1) is 0 Å². The van der Waals surface area contributed by atoms with E-state index in [1.807, 2.05) is 24.3 Å². The monoisotopic (exact) mass is 392 g/mol. The van der Waals surface area contributed by atoms with E-state index in [1.54, 1.807) is 11.3 Å². The number of carbonyl (C=O) groups excluding carboxylic acids is 1. The minimum absolute atomic E-state index is 0.108. The van der Waals surface area contributed by atoms with Gasteiger partial charge < -0.3 is 5.32 Å². The molecule has 1 N–H and O–H groups in total. The number of hydrogen-bond donors (Lipinski definition) is 1. The zero-order valence-electron chi connectivity index (χ0n) is 13.5. The number of sulfone groups is 1. The molecule has 0 bridgehead atoms. The van der Waals surface area contributed by atoms with Crippen molar-refractivity contribution in [3.05, 3.63) is 45.4 Å². The van der Waals surface area contributed by atoms with Crippen molar-refractivity contribution in [2.75, 3.05) is 17.3 Å². The van der Waals surface area contributed by atoms with Crippen molar-refractivity contribution in [1.82, 2.24) is 10.3 Å². The van der Waals surface area contributed by atoms with E-state index in [4.69, 9.17) is 4.98 Å². The fraction of sp³-hybridized carbons (Fsp3) is 0.294. The van der Waals surface area contributed by atoms with Crippen molar-refractivity contribution in [2.24, 2.45) is 0 Å². The summed E-state index contributed by atoms with van der Waals surface area (Å²) in [5, 5.41) is 4.53. The first-order valence-electron chi connectivity index (χ1n) is 7.85. The Morgan fingerprint density at radius 3 is 2.84 bits per heavy atom. The lowest BCUT2D eigenvalue weighted by atomic mass is 9.99. The molecule has 25 heavy (non-hydrogen) atoms. The van der Waals surface area contributed by atoms with Crippen LogP contribution in [-0.4, -0.2) is 36.6 Å². The number of rotatable bonds is 2. The Morgan fingerprint density at radius 1 is 1.28 bits per heavy atom. The van der Waals surface area contributed by atoms with Gasteiger partial charge in [0.25, 0.3) is 0 Å². The minimum atomic E-state index is -3.02. The minimum Gasteiger partial charge on any atom is -0.320 e. The van der Waals surface area contributed by atoms with Crippen LogP contribution in [0.4, 0.5) is 0 Å². The number of amides is 1. The fourth-order valence-electron chi connectivity index (χ4n) is 3.12. The van der Waals surface area contributed by atoms with Crippen LogP contribution in [0.25, 0.3) is 15.8 Å². The third-order valence-electron chi connectivity index (χ3n) is 4.20. The number of hydrogen-bond acceptors (Lipinski definition) is 6. The van der Waals surface area contributed by atoms with Gasteiger partial charge in [-0.1, -0.05) is 12.1 Å². The standard InChI is InChI=1S/C17H16N2O3S3/c1-10(20)18-16-15(17-19-13-4-2-3-5-14(13)24-17)12-6-7-25(21,22)9-11(12)8-23-16/h2-5H,6-9H2,1H3,(H,18,20). The third-order valence-corrected chi connectivity index (χ3v) is 7.96. The van der Waals surface area contributed by atoms with Crippen molar-refractivity contribution in [3.8, 4) is 0 Å². The second-order valence-electron chi connectivity index (χ2n) is 6.08. The molecule has 0 radical (unpaired) electrons. The molecule has 0 saturated carbocycles. The van der Waals surface area contributed by atoms with Gasteiger partial charge in [-0.05, 0) is 29.7 Å². The number of allylic oxidation sites excluding steroid dienone is 2. The molecule has 0 unspecified atom stereocenters. The summed E-state index contributed by atoms with van der Waals surface area (Å²) in [6.45, 7) is 1.48. The lowest BCUT2D eigenvalue weighted by Gasteiger charge is -2.28. The Hall–Kier alpha value is -1.64. The van der Waals surface area contributed by atoms with E-state index in [-0.39, 0.29) is 17.4 Å².